The number of nitrogens with zero attached hydrogens (tertiary/aromatic N) is 2. The van der Waals surface area contributed by atoms with Gasteiger partial charge in [-0.15, -0.1) is 5.10 Å². The number of anilines is 1. The first-order valence-corrected chi connectivity index (χ1v) is 13.7. The molecule has 37 heavy (non-hydrogen) atoms. The highest BCUT2D eigenvalue weighted by molar-refractivity contribution is 7.99. The summed E-state index contributed by atoms with van der Waals surface area (Å²) in [6.45, 7) is 1.86. The van der Waals surface area contributed by atoms with Gasteiger partial charge in [-0.2, -0.15) is 0 Å². The number of H-pyrrole nitrogens is 1. The van der Waals surface area contributed by atoms with Gasteiger partial charge in [-0.1, -0.05) is 42.1 Å². The summed E-state index contributed by atoms with van der Waals surface area (Å²) in [4.78, 5) is 16.6. The second-order valence-electron chi connectivity index (χ2n) is 7.86. The quantitative estimate of drug-likeness (QED) is 0.193. The van der Waals surface area contributed by atoms with Crippen LogP contribution in [0.1, 0.15) is 5.56 Å². The third-order valence-electron chi connectivity index (χ3n) is 5.08. The molecule has 0 radical (unpaired) electrons. The number of ether oxygens (including phenoxy) is 1. The van der Waals surface area contributed by atoms with Crippen molar-refractivity contribution in [2.45, 2.75) is 17.0 Å². The molecule has 1 heterocycles. The Hall–Kier alpha value is -3.90. The summed E-state index contributed by atoms with van der Waals surface area (Å²) in [6.07, 6.45) is 0. The molecule has 192 valence electrons. The van der Waals surface area contributed by atoms with E-state index in [9.17, 15) is 17.6 Å². The third kappa shape index (κ3) is 7.30. The number of carbonyl (C=O) groups is 1. The topological polar surface area (TPSA) is 126 Å². The Kier molecular flexibility index (Phi) is 8.41. The smallest absolute Gasteiger partial charge is 0.261 e. The van der Waals surface area contributed by atoms with Crippen LogP contribution in [-0.4, -0.2) is 48.4 Å². The van der Waals surface area contributed by atoms with Crippen LogP contribution in [-0.2, 0) is 14.8 Å². The molecule has 0 saturated heterocycles. The van der Waals surface area contributed by atoms with E-state index in [0.717, 1.165) is 5.56 Å². The fourth-order valence-corrected chi connectivity index (χ4v) is 5.04. The first kappa shape index (κ1) is 26.2. The Labute approximate surface area is 217 Å². The standard InChI is InChI=1S/C25H24FN5O4S2/c1-17-15-21(37(33,34)31-20-9-7-19(26)8-10-20)11-12-22(17)35-16-23(32)27-13-14-36-25-28-24(29-30-25)18-5-3-2-4-6-18/h2-12,15,31H,13-14,16H2,1H3,(H,27,32)(H,28,29,30). The van der Waals surface area contributed by atoms with E-state index in [1.165, 1.54) is 54.2 Å². The lowest BCUT2D eigenvalue weighted by atomic mass is 10.2. The second-order valence-corrected chi connectivity index (χ2v) is 10.6. The van der Waals surface area contributed by atoms with Crippen molar-refractivity contribution in [3.63, 3.8) is 0 Å². The number of nitrogens with one attached hydrogen (secondary N) is 3. The van der Waals surface area contributed by atoms with Gasteiger partial charge in [0.15, 0.2) is 12.4 Å². The van der Waals surface area contributed by atoms with E-state index in [0.29, 0.717) is 34.6 Å². The van der Waals surface area contributed by atoms with Crippen molar-refractivity contribution in [2.24, 2.45) is 0 Å². The Bertz CT molecular complexity index is 1460. The second kappa shape index (κ2) is 11.9. The van der Waals surface area contributed by atoms with Gasteiger partial charge >= 0.3 is 0 Å². The highest BCUT2D eigenvalue weighted by Gasteiger charge is 2.16. The number of aromatic amines is 1. The molecule has 0 spiro atoms. The van der Waals surface area contributed by atoms with Gasteiger partial charge in [0, 0.05) is 23.5 Å². The number of hydrogen-bond donors (Lipinski definition) is 3. The maximum Gasteiger partial charge on any atom is 0.261 e. The third-order valence-corrected chi connectivity index (χ3v) is 7.31. The van der Waals surface area contributed by atoms with Gasteiger partial charge in [-0.25, -0.2) is 17.8 Å². The van der Waals surface area contributed by atoms with E-state index >= 15 is 0 Å². The molecule has 9 nitrogen and oxygen atoms in total. The number of halogens is 1. The molecule has 0 unspecified atom stereocenters. The number of sulfonamides is 1. The average molecular weight is 542 g/mol. The summed E-state index contributed by atoms with van der Waals surface area (Å²) >= 11 is 1.41. The monoisotopic (exact) mass is 541 g/mol. The van der Waals surface area contributed by atoms with E-state index in [2.05, 4.69) is 25.2 Å². The zero-order chi connectivity index (χ0) is 26.3. The first-order chi connectivity index (χ1) is 17.8. The van der Waals surface area contributed by atoms with Crippen LogP contribution < -0.4 is 14.8 Å². The summed E-state index contributed by atoms with van der Waals surface area (Å²) in [6, 6.07) is 19.0. The highest BCUT2D eigenvalue weighted by atomic mass is 32.2. The number of rotatable bonds is 11. The number of aryl methyl sites for hydroxylation is 1. The highest BCUT2D eigenvalue weighted by Crippen LogP contribution is 2.24. The van der Waals surface area contributed by atoms with Crippen molar-refractivity contribution < 1.29 is 22.3 Å². The number of amides is 1. The molecule has 3 N–H and O–H groups in total. The normalized spacial score (nSPS) is 11.2. The maximum absolute atomic E-state index is 13.1. The van der Waals surface area contributed by atoms with Crippen LogP contribution in [0, 0.1) is 12.7 Å². The van der Waals surface area contributed by atoms with Crippen LogP contribution in [0.15, 0.2) is 82.8 Å². The largest absolute Gasteiger partial charge is 0.484 e. The van der Waals surface area contributed by atoms with Crippen LogP contribution in [0.4, 0.5) is 10.1 Å². The van der Waals surface area contributed by atoms with Gasteiger partial charge in [0.05, 0.1) is 4.90 Å². The summed E-state index contributed by atoms with van der Waals surface area (Å²) in [7, 11) is -3.87. The fourth-order valence-electron chi connectivity index (χ4n) is 3.25. The summed E-state index contributed by atoms with van der Waals surface area (Å²) in [5.74, 6) is 0.870. The van der Waals surface area contributed by atoms with Crippen molar-refractivity contribution in [3.05, 3.63) is 84.2 Å². The van der Waals surface area contributed by atoms with Crippen LogP contribution in [0.3, 0.4) is 0 Å². The molecule has 1 amide bonds. The van der Waals surface area contributed by atoms with Gasteiger partial charge < -0.3 is 10.1 Å². The van der Waals surface area contributed by atoms with Gasteiger partial charge in [-0.05, 0) is 55.0 Å². The Morgan fingerprint density at radius 1 is 1.08 bits per heavy atom. The molecule has 0 aliphatic rings. The lowest BCUT2D eigenvalue weighted by molar-refractivity contribution is -0.122. The van der Waals surface area contributed by atoms with E-state index in [1.807, 2.05) is 30.3 Å². The predicted octanol–water partition coefficient (Wildman–Crippen LogP) is 4.01. The molecule has 0 bridgehead atoms. The average Bonchev–Trinajstić information content (AvgIpc) is 3.37. The maximum atomic E-state index is 13.1. The van der Waals surface area contributed by atoms with E-state index < -0.39 is 15.8 Å². The molecular weight excluding hydrogens is 517 g/mol. The SMILES string of the molecule is Cc1cc(S(=O)(=O)Nc2ccc(F)cc2)ccc1OCC(=O)NCCSc1n[nH]c(-c2ccccc2)n1. The van der Waals surface area contributed by atoms with E-state index in [4.69, 9.17) is 4.74 Å². The predicted molar refractivity (Wildman–Crippen MR) is 139 cm³/mol. The molecule has 3 aromatic carbocycles. The fraction of sp³-hybridized carbons (Fsp3) is 0.160. The summed E-state index contributed by atoms with van der Waals surface area (Å²) in [5.41, 5.74) is 1.73. The molecule has 0 atom stereocenters. The van der Waals surface area contributed by atoms with Crippen molar-refractivity contribution in [1.82, 2.24) is 20.5 Å². The number of hydrogen-bond acceptors (Lipinski definition) is 7. The lowest BCUT2D eigenvalue weighted by Crippen LogP contribution is -2.30. The molecular formula is C25H24FN5O4S2. The summed E-state index contributed by atoms with van der Waals surface area (Å²) < 4.78 is 46.2. The minimum Gasteiger partial charge on any atom is -0.484 e. The van der Waals surface area contributed by atoms with Gasteiger partial charge in [0.25, 0.3) is 15.9 Å². The molecule has 0 aliphatic heterocycles. The number of aromatic nitrogens is 3. The minimum absolute atomic E-state index is 0.0190. The Morgan fingerprint density at radius 3 is 2.57 bits per heavy atom. The van der Waals surface area contributed by atoms with Crippen LogP contribution >= 0.6 is 11.8 Å². The van der Waals surface area contributed by atoms with Crippen molar-refractivity contribution in [1.29, 1.82) is 0 Å². The number of thioether (sulfide) groups is 1. The van der Waals surface area contributed by atoms with Crippen LogP contribution in [0.2, 0.25) is 0 Å². The van der Waals surface area contributed by atoms with Gasteiger partial charge in [0.2, 0.25) is 5.16 Å². The Morgan fingerprint density at radius 2 is 1.84 bits per heavy atom. The van der Waals surface area contributed by atoms with E-state index in [1.54, 1.807) is 6.92 Å². The number of carbonyl (C=O) groups excluding carboxylic acids is 1. The van der Waals surface area contributed by atoms with Gasteiger partial charge in [-0.3, -0.25) is 14.6 Å². The van der Waals surface area contributed by atoms with Crippen LogP contribution in [0.5, 0.6) is 5.75 Å². The van der Waals surface area contributed by atoms with E-state index in [-0.39, 0.29) is 23.1 Å². The molecule has 1 aromatic heterocycles. The van der Waals surface area contributed by atoms with Gasteiger partial charge in [0.1, 0.15) is 11.6 Å². The van der Waals surface area contributed by atoms with Crippen molar-refractivity contribution in [3.8, 4) is 17.1 Å². The molecule has 4 rings (SSSR count). The molecule has 4 aromatic rings. The molecule has 0 saturated carbocycles. The van der Waals surface area contributed by atoms with Crippen molar-refractivity contribution >= 4 is 33.4 Å². The molecule has 0 fully saturated rings. The zero-order valence-corrected chi connectivity index (χ0v) is 21.4. The Balaban J connectivity index is 1.22. The lowest BCUT2D eigenvalue weighted by Gasteiger charge is -2.12. The minimum atomic E-state index is -3.87. The summed E-state index contributed by atoms with van der Waals surface area (Å²) in [5, 5.41) is 10.4. The van der Waals surface area contributed by atoms with Crippen LogP contribution in [0.25, 0.3) is 11.4 Å². The number of benzene rings is 3. The molecule has 0 aliphatic carbocycles. The first-order valence-electron chi connectivity index (χ1n) is 11.2. The van der Waals surface area contributed by atoms with Crippen molar-refractivity contribution in [2.75, 3.05) is 23.6 Å². The zero-order valence-electron chi connectivity index (χ0n) is 19.8. The molecule has 12 heteroatoms.